The van der Waals surface area contributed by atoms with Crippen molar-refractivity contribution in [2.75, 3.05) is 13.2 Å². The van der Waals surface area contributed by atoms with E-state index in [1.807, 2.05) is 0 Å². The standard InChI is InChI=1S/C9H12O6/c1-6(10)2-3-8(11)13-4-7-5-14-9(12)15-7/h7H,2-5H2,1H3. The Hall–Kier alpha value is -1.59. The molecule has 0 bridgehead atoms. The van der Waals surface area contributed by atoms with Crippen LogP contribution in [-0.4, -0.2) is 37.2 Å². The van der Waals surface area contributed by atoms with Gasteiger partial charge in [-0.1, -0.05) is 0 Å². The van der Waals surface area contributed by atoms with Gasteiger partial charge < -0.3 is 19.0 Å². The van der Waals surface area contributed by atoms with Crippen LogP contribution in [-0.2, 0) is 23.8 Å². The first kappa shape index (κ1) is 11.5. The van der Waals surface area contributed by atoms with Gasteiger partial charge in [0.1, 0.15) is 19.0 Å². The number of rotatable bonds is 5. The summed E-state index contributed by atoms with van der Waals surface area (Å²) in [6, 6.07) is 0. The molecule has 0 spiro atoms. The SMILES string of the molecule is CC(=O)CCC(=O)OCC1COC(=O)O1. The maximum absolute atomic E-state index is 11.0. The van der Waals surface area contributed by atoms with E-state index < -0.39 is 18.2 Å². The van der Waals surface area contributed by atoms with Crippen molar-refractivity contribution in [1.82, 2.24) is 0 Å². The van der Waals surface area contributed by atoms with Crippen LogP contribution in [0.4, 0.5) is 4.79 Å². The molecule has 0 radical (unpaired) electrons. The van der Waals surface area contributed by atoms with Crippen LogP contribution in [0.1, 0.15) is 19.8 Å². The summed E-state index contributed by atoms with van der Waals surface area (Å²) in [7, 11) is 0. The summed E-state index contributed by atoms with van der Waals surface area (Å²) in [6.45, 7) is 1.47. The minimum Gasteiger partial charge on any atom is -0.462 e. The topological polar surface area (TPSA) is 78.9 Å². The molecule has 1 fully saturated rings. The van der Waals surface area contributed by atoms with E-state index in [1.165, 1.54) is 6.92 Å². The number of ketones is 1. The quantitative estimate of drug-likeness (QED) is 0.620. The molecule has 0 aliphatic carbocycles. The van der Waals surface area contributed by atoms with Crippen LogP contribution < -0.4 is 0 Å². The molecule has 0 aromatic heterocycles. The predicted molar refractivity (Wildman–Crippen MR) is 47.1 cm³/mol. The van der Waals surface area contributed by atoms with E-state index in [4.69, 9.17) is 4.74 Å². The molecule has 1 aliphatic rings. The van der Waals surface area contributed by atoms with Gasteiger partial charge in [0, 0.05) is 6.42 Å². The molecule has 6 nitrogen and oxygen atoms in total. The van der Waals surface area contributed by atoms with E-state index >= 15 is 0 Å². The van der Waals surface area contributed by atoms with Gasteiger partial charge in [0.05, 0.1) is 6.42 Å². The fourth-order valence-corrected chi connectivity index (χ4v) is 0.983. The highest BCUT2D eigenvalue weighted by Crippen LogP contribution is 2.06. The summed E-state index contributed by atoms with van der Waals surface area (Å²) >= 11 is 0. The Morgan fingerprint density at radius 1 is 1.47 bits per heavy atom. The number of carbonyl (C=O) groups excluding carboxylic acids is 3. The molecule has 0 aromatic carbocycles. The van der Waals surface area contributed by atoms with E-state index in [0.717, 1.165) is 0 Å². The van der Waals surface area contributed by atoms with Crippen molar-refractivity contribution in [3.63, 3.8) is 0 Å². The van der Waals surface area contributed by atoms with Crippen molar-refractivity contribution < 1.29 is 28.6 Å². The van der Waals surface area contributed by atoms with Gasteiger partial charge in [-0.2, -0.15) is 0 Å². The molecule has 6 heteroatoms. The van der Waals surface area contributed by atoms with Crippen molar-refractivity contribution in [3.05, 3.63) is 0 Å². The van der Waals surface area contributed by atoms with Gasteiger partial charge in [-0.3, -0.25) is 4.79 Å². The molecule has 1 rings (SSSR count). The molecular formula is C9H12O6. The smallest absolute Gasteiger partial charge is 0.462 e. The fraction of sp³-hybridized carbons (Fsp3) is 0.667. The number of ether oxygens (including phenoxy) is 3. The number of hydrogen-bond acceptors (Lipinski definition) is 6. The van der Waals surface area contributed by atoms with Crippen LogP contribution >= 0.6 is 0 Å². The molecule has 0 N–H and O–H groups in total. The summed E-state index contributed by atoms with van der Waals surface area (Å²) in [5.41, 5.74) is 0. The average Bonchev–Trinajstić information content (AvgIpc) is 2.58. The largest absolute Gasteiger partial charge is 0.508 e. The highest BCUT2D eigenvalue weighted by Gasteiger charge is 2.26. The second kappa shape index (κ2) is 5.33. The Labute approximate surface area is 86.5 Å². The Morgan fingerprint density at radius 2 is 2.20 bits per heavy atom. The van der Waals surface area contributed by atoms with Gasteiger partial charge in [-0.25, -0.2) is 4.79 Å². The number of hydrogen-bond donors (Lipinski definition) is 0. The third-order valence-corrected chi connectivity index (χ3v) is 1.76. The van der Waals surface area contributed by atoms with E-state index in [1.54, 1.807) is 0 Å². The highest BCUT2D eigenvalue weighted by atomic mass is 16.8. The Kier molecular flexibility index (Phi) is 4.08. The van der Waals surface area contributed by atoms with Crippen molar-refractivity contribution in [2.24, 2.45) is 0 Å². The van der Waals surface area contributed by atoms with Gasteiger partial charge in [-0.15, -0.1) is 0 Å². The Balaban J connectivity index is 2.11. The first-order chi connectivity index (χ1) is 7.08. The molecule has 0 saturated carbocycles. The first-order valence-corrected chi connectivity index (χ1v) is 4.56. The maximum atomic E-state index is 11.0. The molecule has 1 aliphatic heterocycles. The summed E-state index contributed by atoms with van der Waals surface area (Å²) in [5, 5.41) is 0. The number of carbonyl (C=O) groups is 3. The third kappa shape index (κ3) is 4.44. The number of cyclic esters (lactones) is 2. The monoisotopic (exact) mass is 216 g/mol. The van der Waals surface area contributed by atoms with Crippen molar-refractivity contribution in [3.8, 4) is 0 Å². The summed E-state index contributed by atoms with van der Waals surface area (Å²) in [6.07, 6.45) is -1.06. The van der Waals surface area contributed by atoms with Gasteiger partial charge in [0.2, 0.25) is 0 Å². The summed E-state index contributed by atoms with van der Waals surface area (Å²) in [5.74, 6) is -0.546. The third-order valence-electron chi connectivity index (χ3n) is 1.76. The molecular weight excluding hydrogens is 204 g/mol. The zero-order valence-corrected chi connectivity index (χ0v) is 8.36. The lowest BCUT2D eigenvalue weighted by molar-refractivity contribution is -0.147. The predicted octanol–water partition coefficient (Wildman–Crippen LogP) is 0.434. The van der Waals surface area contributed by atoms with E-state index in [2.05, 4.69) is 9.47 Å². The van der Waals surface area contributed by atoms with Crippen molar-refractivity contribution in [1.29, 1.82) is 0 Å². The first-order valence-electron chi connectivity index (χ1n) is 4.56. The normalized spacial score (nSPS) is 19.3. The van der Waals surface area contributed by atoms with Gasteiger partial charge >= 0.3 is 12.1 Å². The van der Waals surface area contributed by atoms with Gasteiger partial charge in [-0.05, 0) is 6.92 Å². The molecule has 0 aromatic rings. The molecule has 15 heavy (non-hydrogen) atoms. The van der Waals surface area contributed by atoms with E-state index in [0.29, 0.717) is 0 Å². The van der Waals surface area contributed by atoms with Gasteiger partial charge in [0.25, 0.3) is 0 Å². The highest BCUT2D eigenvalue weighted by molar-refractivity contribution is 5.80. The zero-order chi connectivity index (χ0) is 11.3. The molecule has 1 saturated heterocycles. The van der Waals surface area contributed by atoms with Gasteiger partial charge in [0.15, 0.2) is 6.10 Å². The molecule has 1 atom stereocenters. The van der Waals surface area contributed by atoms with Crippen molar-refractivity contribution >= 4 is 17.9 Å². The van der Waals surface area contributed by atoms with Crippen LogP contribution in [0.2, 0.25) is 0 Å². The number of Topliss-reactive ketones (excluding diaryl/α,β-unsaturated/α-hetero) is 1. The lowest BCUT2D eigenvalue weighted by Crippen LogP contribution is -2.21. The second-order valence-corrected chi connectivity index (χ2v) is 3.19. The lowest BCUT2D eigenvalue weighted by Gasteiger charge is -2.07. The molecule has 0 amide bonds. The number of esters is 1. The minimum atomic E-state index is -0.750. The van der Waals surface area contributed by atoms with Crippen molar-refractivity contribution in [2.45, 2.75) is 25.9 Å². The van der Waals surface area contributed by atoms with Crippen LogP contribution in [0.5, 0.6) is 0 Å². The maximum Gasteiger partial charge on any atom is 0.508 e. The zero-order valence-electron chi connectivity index (χ0n) is 8.36. The van der Waals surface area contributed by atoms with E-state index in [9.17, 15) is 14.4 Å². The molecule has 1 unspecified atom stereocenters. The Morgan fingerprint density at radius 3 is 2.73 bits per heavy atom. The fourth-order valence-electron chi connectivity index (χ4n) is 0.983. The molecule has 1 heterocycles. The Bertz CT molecular complexity index is 272. The summed E-state index contributed by atoms with van der Waals surface area (Å²) in [4.78, 5) is 32.1. The van der Waals surface area contributed by atoms with Crippen LogP contribution in [0.15, 0.2) is 0 Å². The van der Waals surface area contributed by atoms with Crippen LogP contribution in [0, 0.1) is 0 Å². The second-order valence-electron chi connectivity index (χ2n) is 3.19. The summed E-state index contributed by atoms with van der Waals surface area (Å²) < 4.78 is 13.9. The molecule has 84 valence electrons. The van der Waals surface area contributed by atoms with Crippen LogP contribution in [0.25, 0.3) is 0 Å². The minimum absolute atomic E-state index is 0.0253. The lowest BCUT2D eigenvalue weighted by atomic mass is 10.2. The van der Waals surface area contributed by atoms with E-state index in [-0.39, 0.29) is 31.8 Å². The average molecular weight is 216 g/mol. The van der Waals surface area contributed by atoms with Crippen LogP contribution in [0.3, 0.4) is 0 Å².